The van der Waals surface area contributed by atoms with Gasteiger partial charge in [-0.3, -0.25) is 0 Å². The number of carbonyl (C=O) groups is 1. The van der Waals surface area contributed by atoms with Crippen molar-refractivity contribution in [3.63, 3.8) is 0 Å². The zero-order chi connectivity index (χ0) is 29.6. The molecular formula is C40H36O2. The summed E-state index contributed by atoms with van der Waals surface area (Å²) in [6.07, 6.45) is 20.0. The van der Waals surface area contributed by atoms with Gasteiger partial charge in [0, 0.05) is 28.9 Å². The van der Waals surface area contributed by atoms with Crippen LogP contribution in [0.3, 0.4) is 0 Å². The summed E-state index contributed by atoms with van der Waals surface area (Å²) in [5, 5.41) is 0. The Hall–Kier alpha value is -4.43. The van der Waals surface area contributed by atoms with Crippen molar-refractivity contribution in [2.45, 2.75) is 40.0 Å². The second-order valence-electron chi connectivity index (χ2n) is 13.5. The molecule has 0 bridgehead atoms. The van der Waals surface area contributed by atoms with E-state index in [9.17, 15) is 4.79 Å². The van der Waals surface area contributed by atoms with E-state index in [2.05, 4.69) is 127 Å². The SMILES string of the molecule is C=CC(=O)OC(=C)c1ccc2c(c1)C(C)(C)c1cc(C3=CC=C4C=CC5=CC(C(C)(C)C)=CC6=CC=C3C4C65)ccc1-2. The monoisotopic (exact) mass is 548 g/mol. The predicted molar refractivity (Wildman–Crippen MR) is 173 cm³/mol. The van der Waals surface area contributed by atoms with Crippen LogP contribution in [-0.2, 0) is 14.9 Å². The van der Waals surface area contributed by atoms with Crippen molar-refractivity contribution in [2.75, 3.05) is 0 Å². The van der Waals surface area contributed by atoms with Gasteiger partial charge in [-0.2, -0.15) is 0 Å². The molecule has 5 aliphatic carbocycles. The second-order valence-corrected chi connectivity index (χ2v) is 13.5. The molecule has 2 aromatic carbocycles. The van der Waals surface area contributed by atoms with Crippen LogP contribution in [0.1, 0.15) is 56.9 Å². The third-order valence-electron chi connectivity index (χ3n) is 9.63. The molecule has 0 fully saturated rings. The van der Waals surface area contributed by atoms with E-state index in [4.69, 9.17) is 4.74 Å². The van der Waals surface area contributed by atoms with Gasteiger partial charge in [-0.05, 0) is 78.8 Å². The number of carbonyl (C=O) groups excluding carboxylic acids is 1. The first-order valence-corrected chi connectivity index (χ1v) is 14.8. The Morgan fingerprint density at radius 2 is 1.55 bits per heavy atom. The average molecular weight is 549 g/mol. The lowest BCUT2D eigenvalue weighted by Gasteiger charge is -2.42. The van der Waals surface area contributed by atoms with Crippen molar-refractivity contribution >= 4 is 17.3 Å². The van der Waals surface area contributed by atoms with E-state index in [1.807, 2.05) is 6.07 Å². The van der Waals surface area contributed by atoms with Gasteiger partial charge in [0.15, 0.2) is 0 Å². The Kier molecular flexibility index (Phi) is 5.69. The molecule has 0 saturated heterocycles. The maximum absolute atomic E-state index is 11.8. The highest BCUT2D eigenvalue weighted by molar-refractivity contribution is 5.90. The van der Waals surface area contributed by atoms with Crippen molar-refractivity contribution in [3.05, 3.63) is 154 Å². The van der Waals surface area contributed by atoms with Gasteiger partial charge >= 0.3 is 5.97 Å². The van der Waals surface area contributed by atoms with Crippen molar-refractivity contribution in [1.29, 1.82) is 0 Å². The Morgan fingerprint density at radius 3 is 2.29 bits per heavy atom. The normalized spacial score (nSPS) is 22.2. The molecule has 7 rings (SSSR count). The van der Waals surface area contributed by atoms with Gasteiger partial charge < -0.3 is 4.74 Å². The molecule has 2 unspecified atom stereocenters. The molecule has 2 nitrogen and oxygen atoms in total. The standard InChI is InChI=1S/C40H36O2/c1-8-36(41)42-23(2)25-12-16-31-32-17-13-26(22-35(32)40(6,7)34(31)21-25)30-15-11-24-9-10-27-19-29(39(3,4)5)20-28-14-18-33(30)38(24)37(27)28/h8-22,37-38H,1-2H2,3-7H3. The number of esters is 1. The molecule has 2 aromatic rings. The van der Waals surface area contributed by atoms with E-state index in [1.54, 1.807) is 0 Å². The molecule has 5 aliphatic rings. The van der Waals surface area contributed by atoms with Crippen LogP contribution in [0, 0.1) is 17.3 Å². The molecule has 0 spiro atoms. The van der Waals surface area contributed by atoms with Crippen LogP contribution in [0.2, 0.25) is 0 Å². The minimum Gasteiger partial charge on any atom is -0.423 e. The van der Waals surface area contributed by atoms with Crippen molar-refractivity contribution in [2.24, 2.45) is 17.3 Å². The van der Waals surface area contributed by atoms with Crippen LogP contribution >= 0.6 is 0 Å². The number of fused-ring (bicyclic) bond motifs is 3. The van der Waals surface area contributed by atoms with Crippen LogP contribution in [0.5, 0.6) is 0 Å². The number of hydrogen-bond donors (Lipinski definition) is 0. The Balaban J connectivity index is 1.28. The summed E-state index contributed by atoms with van der Waals surface area (Å²) >= 11 is 0. The van der Waals surface area contributed by atoms with Gasteiger partial charge in [-0.25, -0.2) is 4.79 Å². The fourth-order valence-electron chi connectivity index (χ4n) is 7.29. The summed E-state index contributed by atoms with van der Waals surface area (Å²) in [4.78, 5) is 11.8. The number of allylic oxidation sites excluding steroid dienone is 14. The quantitative estimate of drug-likeness (QED) is 0.216. The zero-order valence-corrected chi connectivity index (χ0v) is 25.0. The molecule has 0 aromatic heterocycles. The van der Waals surface area contributed by atoms with E-state index in [0.29, 0.717) is 17.6 Å². The van der Waals surface area contributed by atoms with Gasteiger partial charge in [-0.15, -0.1) is 0 Å². The smallest absolute Gasteiger partial charge is 0.335 e. The number of ether oxygens (including phenoxy) is 1. The molecule has 0 saturated carbocycles. The highest BCUT2D eigenvalue weighted by Crippen LogP contribution is 2.55. The molecule has 2 heteroatoms. The van der Waals surface area contributed by atoms with Gasteiger partial charge in [0.1, 0.15) is 5.76 Å². The molecule has 0 radical (unpaired) electrons. The molecule has 0 aliphatic heterocycles. The molecule has 208 valence electrons. The third kappa shape index (κ3) is 3.89. The van der Waals surface area contributed by atoms with E-state index in [0.717, 1.165) is 11.6 Å². The van der Waals surface area contributed by atoms with E-state index >= 15 is 0 Å². The minimum absolute atomic E-state index is 0.114. The lowest BCUT2D eigenvalue weighted by atomic mass is 9.61. The lowest BCUT2D eigenvalue weighted by Crippen LogP contribution is -2.30. The highest BCUT2D eigenvalue weighted by Gasteiger charge is 2.41. The van der Waals surface area contributed by atoms with Crippen LogP contribution < -0.4 is 0 Å². The Labute approximate surface area is 249 Å². The van der Waals surface area contributed by atoms with Crippen LogP contribution in [0.15, 0.2) is 132 Å². The first-order valence-electron chi connectivity index (χ1n) is 14.8. The molecule has 0 N–H and O–H groups in total. The minimum atomic E-state index is -0.500. The Bertz CT molecular complexity index is 1850. The highest BCUT2D eigenvalue weighted by atomic mass is 16.5. The molecule has 0 heterocycles. The molecular weight excluding hydrogens is 512 g/mol. The summed E-state index contributed by atoms with van der Waals surface area (Å²) in [7, 11) is 0. The van der Waals surface area contributed by atoms with E-state index in [1.165, 1.54) is 61.3 Å². The van der Waals surface area contributed by atoms with Crippen molar-refractivity contribution in [3.8, 4) is 11.1 Å². The summed E-state index contributed by atoms with van der Waals surface area (Å²) in [6, 6.07) is 13.2. The maximum Gasteiger partial charge on any atom is 0.335 e. The lowest BCUT2D eigenvalue weighted by molar-refractivity contribution is -0.131. The topological polar surface area (TPSA) is 26.3 Å². The van der Waals surface area contributed by atoms with Crippen LogP contribution in [-0.4, -0.2) is 5.97 Å². The van der Waals surface area contributed by atoms with Gasteiger partial charge in [0.25, 0.3) is 0 Å². The summed E-state index contributed by atoms with van der Waals surface area (Å²) in [5.41, 5.74) is 15.3. The summed E-state index contributed by atoms with van der Waals surface area (Å²) < 4.78 is 5.33. The summed E-state index contributed by atoms with van der Waals surface area (Å²) in [5.74, 6) is 0.542. The van der Waals surface area contributed by atoms with Crippen LogP contribution in [0.25, 0.3) is 22.5 Å². The zero-order valence-electron chi connectivity index (χ0n) is 25.0. The maximum atomic E-state index is 11.8. The number of hydrogen-bond acceptors (Lipinski definition) is 2. The van der Waals surface area contributed by atoms with Crippen LogP contribution in [0.4, 0.5) is 0 Å². The summed E-state index contributed by atoms with van der Waals surface area (Å²) in [6.45, 7) is 18.9. The van der Waals surface area contributed by atoms with Gasteiger partial charge in [0.05, 0.1) is 0 Å². The molecule has 0 amide bonds. The fourth-order valence-corrected chi connectivity index (χ4v) is 7.29. The number of benzene rings is 2. The molecule has 42 heavy (non-hydrogen) atoms. The Morgan fingerprint density at radius 1 is 0.857 bits per heavy atom. The number of rotatable bonds is 4. The largest absolute Gasteiger partial charge is 0.423 e. The average Bonchev–Trinajstić information content (AvgIpc) is 3.20. The van der Waals surface area contributed by atoms with E-state index < -0.39 is 5.97 Å². The van der Waals surface area contributed by atoms with Gasteiger partial charge in [0.2, 0.25) is 0 Å². The first-order chi connectivity index (χ1) is 20.0. The van der Waals surface area contributed by atoms with E-state index in [-0.39, 0.29) is 10.8 Å². The molecule has 2 atom stereocenters. The third-order valence-corrected chi connectivity index (χ3v) is 9.63. The van der Waals surface area contributed by atoms with Crippen molar-refractivity contribution in [1.82, 2.24) is 0 Å². The fraction of sp³-hybridized carbons (Fsp3) is 0.225. The predicted octanol–water partition coefficient (Wildman–Crippen LogP) is 9.60. The first kappa shape index (κ1) is 26.5. The van der Waals surface area contributed by atoms with Crippen molar-refractivity contribution < 1.29 is 9.53 Å². The van der Waals surface area contributed by atoms with Gasteiger partial charge in [-0.1, -0.05) is 121 Å². The second kappa shape index (κ2) is 9.03.